The first-order chi connectivity index (χ1) is 16.4. The fraction of sp³-hybridized carbons (Fsp3) is 0.227. The molecule has 4 rings (SSSR count). The summed E-state index contributed by atoms with van der Waals surface area (Å²) in [5, 5.41) is 2.68. The first kappa shape index (κ1) is 23.3. The first-order valence-electron chi connectivity index (χ1n) is 10.3. The molecular weight excluding hydrogens is 470 g/mol. The van der Waals surface area contributed by atoms with Gasteiger partial charge in [0.2, 0.25) is 5.88 Å². The van der Waals surface area contributed by atoms with Crippen LogP contribution in [0.2, 0.25) is 5.15 Å². The highest BCUT2D eigenvalue weighted by Gasteiger charge is 2.26. The Hall–Kier alpha value is -3.86. The van der Waals surface area contributed by atoms with Crippen LogP contribution in [0.25, 0.3) is 0 Å². The summed E-state index contributed by atoms with van der Waals surface area (Å²) in [4.78, 5) is 40.4. The van der Waals surface area contributed by atoms with Crippen molar-refractivity contribution in [2.45, 2.75) is 6.61 Å². The minimum atomic E-state index is -0.988. The number of aromatic nitrogens is 3. The monoisotopic (exact) mass is 488 g/mol. The van der Waals surface area contributed by atoms with E-state index in [-0.39, 0.29) is 34.9 Å². The largest absolute Gasteiger partial charge is 0.473 e. The Morgan fingerprint density at radius 1 is 1.00 bits per heavy atom. The highest BCUT2D eigenvalue weighted by atomic mass is 35.5. The molecule has 3 heterocycles. The Labute approximate surface area is 198 Å². The summed E-state index contributed by atoms with van der Waals surface area (Å²) < 4.78 is 32.6. The van der Waals surface area contributed by atoms with E-state index < -0.39 is 17.7 Å². The van der Waals surface area contributed by atoms with E-state index in [1.807, 2.05) is 0 Å². The van der Waals surface area contributed by atoms with Gasteiger partial charge in [-0.2, -0.15) is 0 Å². The van der Waals surface area contributed by atoms with Crippen molar-refractivity contribution in [3.8, 4) is 5.88 Å². The summed E-state index contributed by atoms with van der Waals surface area (Å²) in [5.41, 5.74) is 0.365. The van der Waals surface area contributed by atoms with Gasteiger partial charge >= 0.3 is 6.03 Å². The Kier molecular flexibility index (Phi) is 7.12. The molecule has 2 aromatic heterocycles. The van der Waals surface area contributed by atoms with Crippen LogP contribution in [0.4, 0.5) is 19.4 Å². The van der Waals surface area contributed by atoms with Gasteiger partial charge in [-0.15, -0.1) is 0 Å². The molecule has 0 saturated carbocycles. The standard InChI is InChI=1S/C22H19ClF2N6O3/c23-19-20(28-7-6-27-19)29-22(33)31-10-8-30(9-11-31)21(32)14-4-5-26-17(12-14)34-13-15-2-1-3-16(24)18(15)25/h1-7,12H,8-11,13H2,(H,28,29,33). The van der Waals surface area contributed by atoms with Gasteiger partial charge in [-0.3, -0.25) is 10.1 Å². The number of benzene rings is 1. The van der Waals surface area contributed by atoms with E-state index in [9.17, 15) is 18.4 Å². The number of nitrogens with zero attached hydrogens (tertiary/aromatic N) is 5. The van der Waals surface area contributed by atoms with Crippen molar-refractivity contribution >= 4 is 29.4 Å². The SMILES string of the molecule is O=C(Nc1nccnc1Cl)N1CCN(C(=O)c2ccnc(OCc3cccc(F)c3F)c2)CC1. The fourth-order valence-electron chi connectivity index (χ4n) is 3.31. The number of pyridine rings is 1. The van der Waals surface area contributed by atoms with E-state index >= 15 is 0 Å². The van der Waals surface area contributed by atoms with Crippen LogP contribution in [0.15, 0.2) is 48.9 Å². The number of piperazine rings is 1. The molecule has 1 fully saturated rings. The molecule has 3 aromatic rings. The van der Waals surface area contributed by atoms with Gasteiger partial charge in [0, 0.05) is 62.0 Å². The summed E-state index contributed by atoms with van der Waals surface area (Å²) in [5.74, 6) is -1.95. The number of hydrogen-bond donors (Lipinski definition) is 1. The normalized spacial score (nSPS) is 13.5. The van der Waals surface area contributed by atoms with Gasteiger partial charge in [-0.25, -0.2) is 28.5 Å². The van der Waals surface area contributed by atoms with E-state index in [2.05, 4.69) is 20.3 Å². The predicted octanol–water partition coefficient (Wildman–Crippen LogP) is 3.37. The molecule has 0 unspecified atom stereocenters. The Balaban J connectivity index is 1.33. The minimum absolute atomic E-state index is 0.0377. The second-order valence-corrected chi connectivity index (χ2v) is 7.65. The van der Waals surface area contributed by atoms with Crippen molar-refractivity contribution in [3.05, 3.63) is 76.8 Å². The number of amides is 3. The second kappa shape index (κ2) is 10.4. The van der Waals surface area contributed by atoms with Gasteiger partial charge < -0.3 is 14.5 Å². The van der Waals surface area contributed by atoms with E-state index in [1.165, 1.54) is 42.9 Å². The lowest BCUT2D eigenvalue weighted by molar-refractivity contribution is 0.0671. The van der Waals surface area contributed by atoms with Crippen LogP contribution in [0.5, 0.6) is 5.88 Å². The molecular formula is C22H19ClF2N6O3. The van der Waals surface area contributed by atoms with Crippen molar-refractivity contribution in [2.24, 2.45) is 0 Å². The highest BCUT2D eigenvalue weighted by molar-refractivity contribution is 6.32. The molecule has 1 aromatic carbocycles. The van der Waals surface area contributed by atoms with Crippen LogP contribution in [0, 0.1) is 11.6 Å². The number of hydrogen-bond acceptors (Lipinski definition) is 6. The van der Waals surface area contributed by atoms with Crippen LogP contribution >= 0.6 is 11.6 Å². The maximum Gasteiger partial charge on any atom is 0.323 e. The van der Waals surface area contributed by atoms with Crippen molar-refractivity contribution in [3.63, 3.8) is 0 Å². The van der Waals surface area contributed by atoms with Crippen molar-refractivity contribution in [1.29, 1.82) is 0 Å². The topological polar surface area (TPSA) is 101 Å². The van der Waals surface area contributed by atoms with Crippen molar-refractivity contribution < 1.29 is 23.1 Å². The van der Waals surface area contributed by atoms with Crippen LogP contribution in [0.3, 0.4) is 0 Å². The maximum atomic E-state index is 13.8. The number of carbonyl (C=O) groups excluding carboxylic acids is 2. The lowest BCUT2D eigenvalue weighted by atomic mass is 10.2. The molecule has 1 N–H and O–H groups in total. The average molecular weight is 489 g/mol. The molecule has 1 aliphatic heterocycles. The smallest absolute Gasteiger partial charge is 0.323 e. The third-order valence-corrected chi connectivity index (χ3v) is 5.40. The lowest BCUT2D eigenvalue weighted by Crippen LogP contribution is -2.51. The number of rotatable bonds is 5. The maximum absolute atomic E-state index is 13.8. The Bertz CT molecular complexity index is 1210. The number of anilines is 1. The Morgan fingerprint density at radius 2 is 1.74 bits per heavy atom. The number of urea groups is 1. The van der Waals surface area contributed by atoms with Crippen LogP contribution in [-0.4, -0.2) is 62.9 Å². The molecule has 3 amide bonds. The lowest BCUT2D eigenvalue weighted by Gasteiger charge is -2.34. The zero-order valence-electron chi connectivity index (χ0n) is 17.7. The molecule has 1 aliphatic rings. The molecule has 0 atom stereocenters. The van der Waals surface area contributed by atoms with Gasteiger partial charge in [0.15, 0.2) is 22.6 Å². The summed E-state index contributed by atoms with van der Waals surface area (Å²) >= 11 is 5.91. The van der Waals surface area contributed by atoms with Crippen molar-refractivity contribution in [1.82, 2.24) is 24.8 Å². The summed E-state index contributed by atoms with van der Waals surface area (Å²) in [6.45, 7) is 1.00. The van der Waals surface area contributed by atoms with Crippen molar-refractivity contribution in [2.75, 3.05) is 31.5 Å². The second-order valence-electron chi connectivity index (χ2n) is 7.29. The van der Waals surface area contributed by atoms with Gasteiger partial charge in [-0.05, 0) is 12.1 Å². The minimum Gasteiger partial charge on any atom is -0.473 e. The molecule has 34 heavy (non-hydrogen) atoms. The Morgan fingerprint density at radius 3 is 2.50 bits per heavy atom. The molecule has 0 radical (unpaired) electrons. The van der Waals surface area contributed by atoms with E-state index in [1.54, 1.807) is 9.80 Å². The molecule has 9 nitrogen and oxygen atoms in total. The molecule has 176 valence electrons. The number of halogens is 3. The molecule has 0 bridgehead atoms. The summed E-state index contributed by atoms with van der Waals surface area (Å²) in [6, 6.07) is 6.39. The van der Waals surface area contributed by atoms with E-state index in [4.69, 9.17) is 16.3 Å². The zero-order valence-corrected chi connectivity index (χ0v) is 18.5. The van der Waals surface area contributed by atoms with Crippen LogP contribution in [-0.2, 0) is 6.61 Å². The van der Waals surface area contributed by atoms with Crippen LogP contribution < -0.4 is 10.1 Å². The number of ether oxygens (including phenoxy) is 1. The van der Waals surface area contributed by atoms with E-state index in [0.29, 0.717) is 31.7 Å². The van der Waals surface area contributed by atoms with Gasteiger partial charge in [0.05, 0.1) is 0 Å². The van der Waals surface area contributed by atoms with Gasteiger partial charge in [-0.1, -0.05) is 23.7 Å². The summed E-state index contributed by atoms with van der Waals surface area (Å²) in [7, 11) is 0. The molecule has 1 saturated heterocycles. The number of carbonyl (C=O) groups is 2. The fourth-order valence-corrected chi connectivity index (χ4v) is 3.47. The zero-order chi connectivity index (χ0) is 24.1. The number of nitrogens with one attached hydrogen (secondary N) is 1. The third-order valence-electron chi connectivity index (χ3n) is 5.12. The average Bonchev–Trinajstić information content (AvgIpc) is 2.86. The molecule has 0 spiro atoms. The third kappa shape index (κ3) is 5.37. The molecule has 0 aliphatic carbocycles. The van der Waals surface area contributed by atoms with Crippen LogP contribution in [0.1, 0.15) is 15.9 Å². The first-order valence-corrected chi connectivity index (χ1v) is 10.6. The quantitative estimate of drug-likeness (QED) is 0.591. The van der Waals surface area contributed by atoms with E-state index in [0.717, 1.165) is 6.07 Å². The summed E-state index contributed by atoms with van der Waals surface area (Å²) in [6.07, 6.45) is 4.23. The molecule has 12 heteroatoms. The predicted molar refractivity (Wildman–Crippen MR) is 118 cm³/mol. The van der Waals surface area contributed by atoms with Gasteiger partial charge in [0.1, 0.15) is 6.61 Å². The highest BCUT2D eigenvalue weighted by Crippen LogP contribution is 2.18. The van der Waals surface area contributed by atoms with Gasteiger partial charge in [0.25, 0.3) is 5.91 Å².